The number of aromatic nitrogens is 1. The quantitative estimate of drug-likeness (QED) is 0.865. The van der Waals surface area contributed by atoms with Gasteiger partial charge in [-0.15, -0.1) is 0 Å². The number of thioether (sulfide) groups is 1. The Balaban J connectivity index is 1.83. The van der Waals surface area contributed by atoms with Crippen LogP contribution in [-0.4, -0.2) is 16.1 Å². The maximum Gasteiger partial charge on any atom is 0.264 e. The van der Waals surface area contributed by atoms with E-state index in [-0.39, 0.29) is 5.91 Å². The van der Waals surface area contributed by atoms with Crippen molar-refractivity contribution in [3.8, 4) is 0 Å². The lowest BCUT2D eigenvalue weighted by Crippen LogP contribution is -2.19. The van der Waals surface area contributed by atoms with E-state index in [1.165, 1.54) is 11.8 Å². The molecule has 0 atom stereocenters. The third-order valence-electron chi connectivity index (χ3n) is 2.87. The summed E-state index contributed by atoms with van der Waals surface area (Å²) < 4.78 is 0. The van der Waals surface area contributed by atoms with E-state index in [0.29, 0.717) is 10.1 Å². The van der Waals surface area contributed by atoms with Crippen LogP contribution in [0, 0.1) is 6.92 Å². The highest BCUT2D eigenvalue weighted by Gasteiger charge is 2.23. The van der Waals surface area contributed by atoms with E-state index in [1.807, 2.05) is 49.4 Å². The number of aryl methyl sites for hydroxylation is 1. The van der Waals surface area contributed by atoms with Crippen LogP contribution in [0.2, 0.25) is 0 Å². The predicted octanol–water partition coefficient (Wildman–Crippen LogP) is 3.28. The number of nitrogens with zero attached hydrogens (tertiary/aromatic N) is 2. The second-order valence-corrected chi connectivity index (χ2v) is 5.64. The van der Waals surface area contributed by atoms with Crippen molar-refractivity contribution in [1.29, 1.82) is 0 Å². The maximum atomic E-state index is 11.9. The van der Waals surface area contributed by atoms with Gasteiger partial charge in [0.15, 0.2) is 5.17 Å². The van der Waals surface area contributed by atoms with E-state index >= 15 is 0 Å². The number of hydrogen-bond acceptors (Lipinski definition) is 4. The molecule has 1 aliphatic rings. The summed E-state index contributed by atoms with van der Waals surface area (Å²) in [7, 11) is 0. The Kier molecular flexibility index (Phi) is 3.83. The van der Waals surface area contributed by atoms with Crippen LogP contribution < -0.4 is 5.32 Å². The Morgan fingerprint density at radius 1 is 1.29 bits per heavy atom. The third-order valence-corrected chi connectivity index (χ3v) is 3.78. The predicted molar refractivity (Wildman–Crippen MR) is 86.2 cm³/mol. The van der Waals surface area contributed by atoms with Gasteiger partial charge in [-0.05, 0) is 54.1 Å². The van der Waals surface area contributed by atoms with Crippen molar-refractivity contribution in [3.05, 3.63) is 64.8 Å². The fourth-order valence-corrected chi connectivity index (χ4v) is 2.75. The summed E-state index contributed by atoms with van der Waals surface area (Å²) in [5.41, 5.74) is 2.87. The van der Waals surface area contributed by atoms with Crippen LogP contribution >= 0.6 is 11.8 Å². The molecule has 104 valence electrons. The largest absolute Gasteiger partial charge is 0.300 e. The van der Waals surface area contributed by atoms with E-state index in [4.69, 9.17) is 0 Å². The lowest BCUT2D eigenvalue weighted by Gasteiger charge is -1.97. The molecule has 0 saturated carbocycles. The van der Waals surface area contributed by atoms with Gasteiger partial charge in [0.25, 0.3) is 5.91 Å². The molecule has 0 radical (unpaired) electrons. The zero-order valence-electron chi connectivity index (χ0n) is 11.4. The molecular weight excluding hydrogens is 282 g/mol. The normalized spacial score (nSPS) is 18.2. The Hall–Kier alpha value is -2.40. The summed E-state index contributed by atoms with van der Waals surface area (Å²) in [6.45, 7) is 2.01. The summed E-state index contributed by atoms with van der Waals surface area (Å²) in [5.74, 6) is -0.129. The van der Waals surface area contributed by atoms with Gasteiger partial charge in [-0.2, -0.15) is 0 Å². The molecule has 2 aromatic rings. The van der Waals surface area contributed by atoms with Gasteiger partial charge >= 0.3 is 0 Å². The van der Waals surface area contributed by atoms with E-state index in [1.54, 1.807) is 12.4 Å². The molecule has 4 nitrogen and oxygen atoms in total. The van der Waals surface area contributed by atoms with Gasteiger partial charge in [-0.1, -0.05) is 18.2 Å². The van der Waals surface area contributed by atoms with Crippen LogP contribution in [0.5, 0.6) is 0 Å². The van der Waals surface area contributed by atoms with Crippen LogP contribution in [0.3, 0.4) is 0 Å². The first-order valence-corrected chi connectivity index (χ1v) is 7.29. The minimum atomic E-state index is -0.129. The number of carbonyl (C=O) groups excluding carboxylic acids is 1. The summed E-state index contributed by atoms with van der Waals surface area (Å²) in [6.07, 6.45) is 5.23. The molecule has 1 fully saturated rings. The number of benzene rings is 1. The van der Waals surface area contributed by atoms with Crippen molar-refractivity contribution < 1.29 is 4.79 Å². The first-order valence-electron chi connectivity index (χ1n) is 6.47. The molecule has 0 bridgehead atoms. The van der Waals surface area contributed by atoms with Crippen LogP contribution in [0.15, 0.2) is 58.7 Å². The number of amidine groups is 1. The molecule has 1 amide bonds. The average molecular weight is 295 g/mol. The fraction of sp³-hybridized carbons (Fsp3) is 0.0625. The molecule has 1 saturated heterocycles. The number of pyridine rings is 1. The highest BCUT2D eigenvalue weighted by atomic mass is 32.2. The lowest BCUT2D eigenvalue weighted by molar-refractivity contribution is -0.115. The van der Waals surface area contributed by atoms with Gasteiger partial charge in [0.1, 0.15) is 0 Å². The molecule has 21 heavy (non-hydrogen) atoms. The van der Waals surface area contributed by atoms with Crippen molar-refractivity contribution >= 4 is 34.6 Å². The number of amides is 1. The van der Waals surface area contributed by atoms with E-state index < -0.39 is 0 Å². The van der Waals surface area contributed by atoms with E-state index in [9.17, 15) is 4.79 Å². The molecule has 5 heteroatoms. The topological polar surface area (TPSA) is 54.4 Å². The summed E-state index contributed by atoms with van der Waals surface area (Å²) in [6, 6.07) is 11.6. The van der Waals surface area contributed by atoms with E-state index in [2.05, 4.69) is 15.3 Å². The van der Waals surface area contributed by atoms with Crippen molar-refractivity contribution in [3.63, 3.8) is 0 Å². The van der Waals surface area contributed by atoms with E-state index in [0.717, 1.165) is 16.8 Å². The van der Waals surface area contributed by atoms with Gasteiger partial charge in [-0.25, -0.2) is 4.99 Å². The molecule has 2 heterocycles. The Bertz CT molecular complexity index is 738. The molecule has 1 aromatic carbocycles. The molecule has 1 aliphatic heterocycles. The first kappa shape index (κ1) is 13.6. The van der Waals surface area contributed by atoms with Gasteiger partial charge < -0.3 is 5.32 Å². The Morgan fingerprint density at radius 3 is 2.95 bits per heavy atom. The number of aliphatic imine (C=N–C) groups is 1. The van der Waals surface area contributed by atoms with Gasteiger partial charge in [0, 0.05) is 12.4 Å². The fourth-order valence-electron chi connectivity index (χ4n) is 1.91. The van der Waals surface area contributed by atoms with Gasteiger partial charge in [-0.3, -0.25) is 9.78 Å². The number of rotatable bonds is 2. The van der Waals surface area contributed by atoms with Crippen molar-refractivity contribution in [2.45, 2.75) is 6.92 Å². The zero-order chi connectivity index (χ0) is 14.7. The average Bonchev–Trinajstić information content (AvgIpc) is 2.80. The molecule has 1 N–H and O–H groups in total. The van der Waals surface area contributed by atoms with Gasteiger partial charge in [0.05, 0.1) is 10.6 Å². The van der Waals surface area contributed by atoms with Crippen LogP contribution in [0.4, 0.5) is 5.69 Å². The number of carbonyl (C=O) groups is 1. The molecule has 0 unspecified atom stereocenters. The summed E-state index contributed by atoms with van der Waals surface area (Å²) in [4.78, 5) is 21.0. The smallest absolute Gasteiger partial charge is 0.264 e. The minimum Gasteiger partial charge on any atom is -0.300 e. The van der Waals surface area contributed by atoms with Crippen LogP contribution in [-0.2, 0) is 4.79 Å². The van der Waals surface area contributed by atoms with Crippen LogP contribution in [0.1, 0.15) is 11.1 Å². The molecule has 3 rings (SSSR count). The summed E-state index contributed by atoms with van der Waals surface area (Å²) >= 11 is 1.34. The Morgan fingerprint density at radius 2 is 2.19 bits per heavy atom. The Labute approximate surface area is 127 Å². The zero-order valence-corrected chi connectivity index (χ0v) is 12.2. The second-order valence-electron chi connectivity index (χ2n) is 4.61. The minimum absolute atomic E-state index is 0.129. The van der Waals surface area contributed by atoms with Gasteiger partial charge in [0.2, 0.25) is 0 Å². The third kappa shape index (κ3) is 3.38. The highest BCUT2D eigenvalue weighted by Crippen LogP contribution is 2.27. The standard InChI is InChI=1S/C16H13N3OS/c1-11-4-2-6-13(8-11)18-16-19-15(20)14(21-16)9-12-5-3-7-17-10-12/h2-10H,1H3,(H,18,19,20)/b14-9+. The maximum absolute atomic E-state index is 11.9. The number of nitrogens with one attached hydrogen (secondary N) is 1. The molecule has 1 aromatic heterocycles. The number of hydrogen-bond donors (Lipinski definition) is 1. The van der Waals surface area contributed by atoms with Crippen molar-refractivity contribution in [1.82, 2.24) is 10.3 Å². The second kappa shape index (κ2) is 5.93. The first-order chi connectivity index (χ1) is 10.2. The highest BCUT2D eigenvalue weighted by molar-refractivity contribution is 8.18. The monoisotopic (exact) mass is 295 g/mol. The molecule has 0 spiro atoms. The summed E-state index contributed by atoms with van der Waals surface area (Å²) in [5, 5.41) is 3.38. The molecule has 0 aliphatic carbocycles. The lowest BCUT2D eigenvalue weighted by atomic mass is 10.2. The molecular formula is C16H13N3OS. The SMILES string of the molecule is Cc1cccc(N=C2NC(=O)/C(=C\c3cccnc3)S2)c1. The van der Waals surface area contributed by atoms with Crippen LogP contribution in [0.25, 0.3) is 6.08 Å². The van der Waals surface area contributed by atoms with Crippen molar-refractivity contribution in [2.24, 2.45) is 4.99 Å². The van der Waals surface area contributed by atoms with Crippen molar-refractivity contribution in [2.75, 3.05) is 0 Å².